The zero-order valence-electron chi connectivity index (χ0n) is 7.55. The molecule has 1 rings (SSSR count). The van der Waals surface area contributed by atoms with Gasteiger partial charge in [-0.3, -0.25) is 0 Å². The van der Waals surface area contributed by atoms with E-state index >= 15 is 0 Å². The normalized spacial score (nSPS) is 13.5. The fourth-order valence-corrected chi connectivity index (χ4v) is 1.60. The summed E-state index contributed by atoms with van der Waals surface area (Å²) in [5, 5.41) is 2.49. The molecule has 0 aromatic heterocycles. The van der Waals surface area contributed by atoms with Crippen molar-refractivity contribution in [2.24, 2.45) is 0 Å². The molecule has 1 aromatic carbocycles. The average Bonchev–Trinajstić information content (AvgIpc) is 2.15. The minimum atomic E-state index is 1.21. The number of hydrogen-bond acceptors (Lipinski definition) is 0. The molecule has 66 valence electrons. The molecular weight excluding hydrogens is 271 g/mol. The average molecular weight is 282 g/mol. The molecule has 0 spiro atoms. The Kier molecular flexibility index (Phi) is 4.00. The van der Waals surface area contributed by atoms with Gasteiger partial charge >= 0.3 is 0 Å². The van der Waals surface area contributed by atoms with Crippen molar-refractivity contribution in [2.45, 2.75) is 6.92 Å². The third-order valence-electron chi connectivity index (χ3n) is 1.71. The summed E-state index contributed by atoms with van der Waals surface area (Å²) in [6.45, 7) is 5.63. The van der Waals surface area contributed by atoms with Crippen LogP contribution in [0.4, 0.5) is 0 Å². The molecule has 0 saturated heterocycles. The topological polar surface area (TPSA) is 0 Å². The van der Waals surface area contributed by atoms with Gasteiger partial charge in [-0.05, 0) is 55.7 Å². The zero-order valence-corrected chi connectivity index (χ0v) is 9.71. The lowest BCUT2D eigenvalue weighted by Crippen LogP contribution is -2.24. The molecule has 0 aliphatic carbocycles. The van der Waals surface area contributed by atoms with Crippen LogP contribution in [0.2, 0.25) is 0 Å². The monoisotopic (exact) mass is 282 g/mol. The first-order chi connectivity index (χ1) is 6.25. The van der Waals surface area contributed by atoms with E-state index < -0.39 is 0 Å². The van der Waals surface area contributed by atoms with E-state index in [0.29, 0.717) is 0 Å². The number of allylic oxidation sites excluding steroid dienone is 1. The molecule has 0 aliphatic heterocycles. The van der Waals surface area contributed by atoms with Crippen LogP contribution in [0.3, 0.4) is 0 Å². The Hall–Kier alpha value is -0.790. The molecular formula is C12H11I. The quantitative estimate of drug-likeness (QED) is 0.548. The summed E-state index contributed by atoms with van der Waals surface area (Å²) in [4.78, 5) is 0. The van der Waals surface area contributed by atoms with E-state index in [1.54, 1.807) is 0 Å². The Morgan fingerprint density at radius 2 is 2.15 bits per heavy atom. The second kappa shape index (κ2) is 5.05. The predicted octanol–water partition coefficient (Wildman–Crippen LogP) is 2.37. The molecule has 0 fully saturated rings. The van der Waals surface area contributed by atoms with Crippen molar-refractivity contribution in [1.82, 2.24) is 0 Å². The lowest BCUT2D eigenvalue weighted by atomic mass is 10.2. The van der Waals surface area contributed by atoms with Gasteiger partial charge in [-0.2, -0.15) is 0 Å². The van der Waals surface area contributed by atoms with Crippen molar-refractivity contribution in [3.8, 4) is 0 Å². The maximum Gasteiger partial charge on any atom is -0.00467 e. The summed E-state index contributed by atoms with van der Waals surface area (Å²) in [7, 11) is 0. The third-order valence-corrected chi connectivity index (χ3v) is 2.29. The van der Waals surface area contributed by atoms with Crippen molar-refractivity contribution in [3.05, 3.63) is 53.1 Å². The molecule has 0 bridgehead atoms. The van der Waals surface area contributed by atoms with E-state index in [-0.39, 0.29) is 0 Å². The van der Waals surface area contributed by atoms with Crippen molar-refractivity contribution in [3.63, 3.8) is 0 Å². The summed E-state index contributed by atoms with van der Waals surface area (Å²) in [5.74, 6) is 0. The molecule has 0 radical (unpaired) electrons. The molecule has 1 heteroatoms. The second-order valence-electron chi connectivity index (χ2n) is 2.66. The summed E-state index contributed by atoms with van der Waals surface area (Å²) in [6, 6.07) is 8.29. The zero-order chi connectivity index (χ0) is 9.68. The summed E-state index contributed by atoms with van der Waals surface area (Å²) >= 11 is 2.33. The van der Waals surface area contributed by atoms with Crippen LogP contribution >= 0.6 is 22.6 Å². The number of halogens is 1. The van der Waals surface area contributed by atoms with Gasteiger partial charge in [0.1, 0.15) is 0 Å². The minimum absolute atomic E-state index is 1.21. The maximum atomic E-state index is 3.53. The van der Waals surface area contributed by atoms with Crippen LogP contribution < -0.4 is 10.4 Å². The van der Waals surface area contributed by atoms with E-state index in [1.165, 1.54) is 14.0 Å². The van der Waals surface area contributed by atoms with E-state index in [1.807, 2.05) is 24.3 Å². The first-order valence-corrected chi connectivity index (χ1v) is 5.11. The second-order valence-corrected chi connectivity index (χ2v) is 4.28. The van der Waals surface area contributed by atoms with Crippen molar-refractivity contribution in [1.29, 1.82) is 0 Å². The van der Waals surface area contributed by atoms with E-state index in [9.17, 15) is 0 Å². The Bertz CT molecular complexity index is 444. The molecule has 1 aromatic rings. The smallest absolute Gasteiger partial charge is 0.00467 e. The molecule has 0 nitrogen and oxygen atoms in total. The van der Waals surface area contributed by atoms with Crippen LogP contribution in [-0.4, -0.2) is 0 Å². The Balaban J connectivity index is 3.56. The molecule has 0 amide bonds. The van der Waals surface area contributed by atoms with Gasteiger partial charge in [0.05, 0.1) is 0 Å². The first kappa shape index (κ1) is 10.3. The Labute approximate surface area is 92.1 Å². The summed E-state index contributed by atoms with van der Waals surface area (Å²) in [5.41, 5.74) is 2.74. The molecule has 13 heavy (non-hydrogen) atoms. The van der Waals surface area contributed by atoms with Gasteiger partial charge in [-0.1, -0.05) is 30.8 Å². The molecule has 0 N–H and O–H groups in total. The highest BCUT2D eigenvalue weighted by atomic mass is 127. The van der Waals surface area contributed by atoms with Crippen molar-refractivity contribution < 1.29 is 0 Å². The number of rotatable bonds is 1. The van der Waals surface area contributed by atoms with E-state index in [0.717, 1.165) is 0 Å². The fourth-order valence-electron chi connectivity index (χ4n) is 1.10. The molecule has 0 heterocycles. The highest BCUT2D eigenvalue weighted by Gasteiger charge is 1.85. The van der Waals surface area contributed by atoms with E-state index in [2.05, 4.69) is 54.0 Å². The van der Waals surface area contributed by atoms with Crippen molar-refractivity contribution in [2.75, 3.05) is 0 Å². The molecule has 0 saturated carbocycles. The van der Waals surface area contributed by atoms with Crippen LogP contribution in [-0.2, 0) is 0 Å². The largest absolute Gasteiger partial charge is 0.129 e. The Morgan fingerprint density at radius 3 is 2.77 bits per heavy atom. The number of benzene rings is 1. The van der Waals surface area contributed by atoms with Gasteiger partial charge in [0.15, 0.2) is 0 Å². The van der Waals surface area contributed by atoms with Gasteiger partial charge < -0.3 is 0 Å². The van der Waals surface area contributed by atoms with Gasteiger partial charge in [0.2, 0.25) is 0 Å². The summed E-state index contributed by atoms with van der Waals surface area (Å²) in [6.07, 6.45) is 3.85. The summed E-state index contributed by atoms with van der Waals surface area (Å²) < 4.78 is 1.29. The standard InChI is InChI=1S/C12H11I/c1-3-4-7-11-8-5-6-9-12(11)10(2)13/h4-9H,1H2,2H3/b11-7-,12-10+. The van der Waals surface area contributed by atoms with Gasteiger partial charge in [-0.25, -0.2) is 0 Å². The van der Waals surface area contributed by atoms with Crippen LogP contribution in [0.1, 0.15) is 6.92 Å². The third kappa shape index (κ3) is 2.87. The first-order valence-electron chi connectivity index (χ1n) is 4.03. The van der Waals surface area contributed by atoms with Crippen LogP contribution in [0, 0.1) is 0 Å². The highest BCUT2D eigenvalue weighted by Crippen LogP contribution is 1.99. The lowest BCUT2D eigenvalue weighted by Gasteiger charge is -1.90. The molecule has 0 atom stereocenters. The molecule has 0 aliphatic rings. The SMILES string of the molecule is C=C=C/C=c1/cccc/c1=C(/C)I. The molecule has 0 unspecified atom stereocenters. The minimum Gasteiger partial charge on any atom is -0.129 e. The maximum absolute atomic E-state index is 3.53. The number of hydrogen-bond donors (Lipinski definition) is 0. The van der Waals surface area contributed by atoms with Gasteiger partial charge in [0.25, 0.3) is 0 Å². The van der Waals surface area contributed by atoms with Crippen molar-refractivity contribution >= 4 is 32.2 Å². The van der Waals surface area contributed by atoms with E-state index in [4.69, 9.17) is 0 Å². The van der Waals surface area contributed by atoms with Gasteiger partial charge in [0, 0.05) is 0 Å². The Morgan fingerprint density at radius 1 is 1.46 bits per heavy atom. The van der Waals surface area contributed by atoms with Crippen LogP contribution in [0.5, 0.6) is 0 Å². The highest BCUT2D eigenvalue weighted by molar-refractivity contribution is 14.1. The predicted molar refractivity (Wildman–Crippen MR) is 67.0 cm³/mol. The fraction of sp³-hybridized carbons (Fsp3) is 0.0833. The van der Waals surface area contributed by atoms with Gasteiger partial charge in [-0.15, -0.1) is 5.73 Å². The van der Waals surface area contributed by atoms with Crippen LogP contribution in [0.25, 0.3) is 9.66 Å². The lowest BCUT2D eigenvalue weighted by molar-refractivity contribution is 1.51. The van der Waals surface area contributed by atoms with Crippen LogP contribution in [0.15, 0.2) is 42.7 Å².